The zero-order valence-electron chi connectivity index (χ0n) is 15.1. The molecule has 2 aromatic rings. The molecule has 2 N–H and O–H groups in total. The molecule has 0 spiro atoms. The summed E-state index contributed by atoms with van der Waals surface area (Å²) in [6.07, 6.45) is -0.158. The fraction of sp³-hybridized carbons (Fsp3) is 0.250. The number of anilines is 1. The third kappa shape index (κ3) is 5.91. The van der Waals surface area contributed by atoms with E-state index in [1.54, 1.807) is 12.1 Å². The van der Waals surface area contributed by atoms with Gasteiger partial charge in [0.25, 0.3) is 11.8 Å². The number of halogens is 1. The Bertz CT molecular complexity index is 821. The lowest BCUT2D eigenvalue weighted by molar-refractivity contribution is -0.152. The first-order valence-electron chi connectivity index (χ1n) is 8.52. The van der Waals surface area contributed by atoms with E-state index in [0.29, 0.717) is 5.69 Å². The van der Waals surface area contributed by atoms with Crippen molar-refractivity contribution in [3.63, 3.8) is 0 Å². The predicted octanol–water partition coefficient (Wildman–Crippen LogP) is 2.69. The lowest BCUT2D eigenvalue weighted by Gasteiger charge is -2.14. The van der Waals surface area contributed by atoms with Crippen LogP contribution in [-0.2, 0) is 20.7 Å². The summed E-state index contributed by atoms with van der Waals surface area (Å²) in [5, 5.41) is 4.90. The van der Waals surface area contributed by atoms with E-state index in [0.717, 1.165) is 18.1 Å². The molecule has 1 atom stereocenters. The molecule has 2 aromatic carbocycles. The summed E-state index contributed by atoms with van der Waals surface area (Å²) < 4.78 is 18.5. The predicted molar refractivity (Wildman–Crippen MR) is 98.7 cm³/mol. The maximum Gasteiger partial charge on any atom is 0.326 e. The second-order valence-corrected chi connectivity index (χ2v) is 5.83. The average molecular weight is 372 g/mol. The first-order chi connectivity index (χ1) is 12.9. The van der Waals surface area contributed by atoms with Gasteiger partial charge in [0.2, 0.25) is 0 Å². The molecule has 0 unspecified atom stereocenters. The van der Waals surface area contributed by atoms with Crippen molar-refractivity contribution in [2.24, 2.45) is 0 Å². The standard InChI is InChI=1S/C20H21FN2O4/c1-3-14-8-10-15(11-9-14)23-19(25)13(2)27-18(24)12-22-20(26)16-6-4-5-7-17(16)21/h4-11,13H,3,12H2,1-2H3,(H,22,26)(H,23,25)/t13-/m1/s1. The fourth-order valence-corrected chi connectivity index (χ4v) is 2.25. The molecule has 142 valence electrons. The number of aryl methyl sites for hydroxylation is 1. The monoisotopic (exact) mass is 372 g/mol. The van der Waals surface area contributed by atoms with Crippen LogP contribution in [0.5, 0.6) is 0 Å². The second kappa shape index (κ2) is 9.47. The maximum atomic E-state index is 13.5. The van der Waals surface area contributed by atoms with Crippen LogP contribution in [0, 0.1) is 5.82 Å². The van der Waals surface area contributed by atoms with Crippen LogP contribution in [0.15, 0.2) is 48.5 Å². The van der Waals surface area contributed by atoms with Crippen molar-refractivity contribution in [3.05, 3.63) is 65.5 Å². The highest BCUT2D eigenvalue weighted by atomic mass is 19.1. The Balaban J connectivity index is 1.81. The summed E-state index contributed by atoms with van der Waals surface area (Å²) in [4.78, 5) is 35.7. The van der Waals surface area contributed by atoms with Crippen LogP contribution in [0.3, 0.4) is 0 Å². The van der Waals surface area contributed by atoms with Gasteiger partial charge in [0.15, 0.2) is 6.10 Å². The lowest BCUT2D eigenvalue weighted by Crippen LogP contribution is -2.36. The van der Waals surface area contributed by atoms with Crippen LogP contribution < -0.4 is 10.6 Å². The summed E-state index contributed by atoms with van der Waals surface area (Å²) in [6, 6.07) is 12.7. The van der Waals surface area contributed by atoms with Gasteiger partial charge in [0.1, 0.15) is 12.4 Å². The minimum atomic E-state index is -1.05. The fourth-order valence-electron chi connectivity index (χ4n) is 2.25. The molecule has 0 bridgehead atoms. The van der Waals surface area contributed by atoms with E-state index in [1.807, 2.05) is 19.1 Å². The molecule has 0 aliphatic rings. The largest absolute Gasteiger partial charge is 0.451 e. The molecule has 6 nitrogen and oxygen atoms in total. The quantitative estimate of drug-likeness (QED) is 0.732. The summed E-state index contributed by atoms with van der Waals surface area (Å²) in [5.41, 5.74) is 1.55. The van der Waals surface area contributed by atoms with Gasteiger partial charge in [0.05, 0.1) is 5.56 Å². The molecule has 0 aliphatic heterocycles. The van der Waals surface area contributed by atoms with Gasteiger partial charge in [0, 0.05) is 5.69 Å². The normalized spacial score (nSPS) is 11.4. The highest BCUT2D eigenvalue weighted by Crippen LogP contribution is 2.11. The molecule has 0 heterocycles. The molecule has 0 aliphatic carbocycles. The van der Waals surface area contributed by atoms with Gasteiger partial charge in [-0.15, -0.1) is 0 Å². The summed E-state index contributed by atoms with van der Waals surface area (Å²) in [7, 11) is 0. The molecular formula is C20H21FN2O4. The third-order valence-electron chi connectivity index (χ3n) is 3.82. The number of ether oxygens (including phenoxy) is 1. The van der Waals surface area contributed by atoms with Crippen LogP contribution in [0.4, 0.5) is 10.1 Å². The molecule has 0 fully saturated rings. The highest BCUT2D eigenvalue weighted by molar-refractivity contribution is 5.97. The number of carbonyl (C=O) groups excluding carboxylic acids is 3. The lowest BCUT2D eigenvalue weighted by atomic mass is 10.1. The Morgan fingerprint density at radius 1 is 1.07 bits per heavy atom. The Kier molecular flexibility index (Phi) is 7.05. The van der Waals surface area contributed by atoms with Crippen molar-refractivity contribution < 1.29 is 23.5 Å². The highest BCUT2D eigenvalue weighted by Gasteiger charge is 2.19. The van der Waals surface area contributed by atoms with Crippen molar-refractivity contribution in [1.29, 1.82) is 0 Å². The number of hydrogen-bond donors (Lipinski definition) is 2. The van der Waals surface area contributed by atoms with Gasteiger partial charge in [-0.1, -0.05) is 31.2 Å². The minimum absolute atomic E-state index is 0.174. The Morgan fingerprint density at radius 2 is 1.74 bits per heavy atom. The zero-order chi connectivity index (χ0) is 19.8. The zero-order valence-corrected chi connectivity index (χ0v) is 15.1. The van der Waals surface area contributed by atoms with Crippen LogP contribution in [0.2, 0.25) is 0 Å². The van der Waals surface area contributed by atoms with Crippen LogP contribution in [0.1, 0.15) is 29.8 Å². The molecule has 0 radical (unpaired) electrons. The van der Waals surface area contributed by atoms with E-state index < -0.39 is 36.2 Å². The van der Waals surface area contributed by atoms with Crippen molar-refractivity contribution in [1.82, 2.24) is 5.32 Å². The number of benzene rings is 2. The summed E-state index contributed by atoms with van der Waals surface area (Å²) in [5.74, 6) is -2.72. The van der Waals surface area contributed by atoms with Gasteiger partial charge in [-0.3, -0.25) is 14.4 Å². The Morgan fingerprint density at radius 3 is 2.37 bits per heavy atom. The average Bonchev–Trinajstić information content (AvgIpc) is 2.67. The molecule has 7 heteroatoms. The topological polar surface area (TPSA) is 84.5 Å². The molecule has 0 aromatic heterocycles. The van der Waals surface area contributed by atoms with Gasteiger partial charge >= 0.3 is 5.97 Å². The number of hydrogen-bond acceptors (Lipinski definition) is 4. The maximum absolute atomic E-state index is 13.5. The summed E-state index contributed by atoms with van der Waals surface area (Å²) in [6.45, 7) is 2.97. The number of nitrogens with one attached hydrogen (secondary N) is 2. The van der Waals surface area contributed by atoms with Gasteiger partial charge < -0.3 is 15.4 Å². The van der Waals surface area contributed by atoms with E-state index in [-0.39, 0.29) is 5.56 Å². The Labute approximate surface area is 156 Å². The smallest absolute Gasteiger partial charge is 0.326 e. The Hall–Kier alpha value is -3.22. The van der Waals surface area contributed by atoms with E-state index in [4.69, 9.17) is 4.74 Å². The van der Waals surface area contributed by atoms with Crippen molar-refractivity contribution >= 4 is 23.5 Å². The molecule has 27 heavy (non-hydrogen) atoms. The van der Waals surface area contributed by atoms with E-state index in [9.17, 15) is 18.8 Å². The number of esters is 1. The van der Waals surface area contributed by atoms with Crippen LogP contribution in [-0.4, -0.2) is 30.4 Å². The van der Waals surface area contributed by atoms with Gasteiger partial charge in [-0.25, -0.2) is 4.39 Å². The second-order valence-electron chi connectivity index (χ2n) is 5.83. The molecule has 2 amide bonds. The van der Waals surface area contributed by atoms with Gasteiger partial charge in [-0.2, -0.15) is 0 Å². The first-order valence-corrected chi connectivity index (χ1v) is 8.52. The number of amides is 2. The minimum Gasteiger partial charge on any atom is -0.451 e. The van der Waals surface area contributed by atoms with Crippen molar-refractivity contribution in [2.75, 3.05) is 11.9 Å². The molecule has 0 saturated carbocycles. The van der Waals surface area contributed by atoms with E-state index in [1.165, 1.54) is 25.1 Å². The molecular weight excluding hydrogens is 351 g/mol. The first kappa shape index (κ1) is 20.1. The number of carbonyl (C=O) groups is 3. The van der Waals surface area contributed by atoms with Crippen molar-refractivity contribution in [3.8, 4) is 0 Å². The van der Waals surface area contributed by atoms with Crippen LogP contribution >= 0.6 is 0 Å². The summed E-state index contributed by atoms with van der Waals surface area (Å²) >= 11 is 0. The van der Waals surface area contributed by atoms with Gasteiger partial charge in [-0.05, 0) is 43.2 Å². The molecule has 2 rings (SSSR count). The SMILES string of the molecule is CCc1ccc(NC(=O)[C@@H](C)OC(=O)CNC(=O)c2ccccc2F)cc1. The molecule has 0 saturated heterocycles. The van der Waals surface area contributed by atoms with E-state index in [2.05, 4.69) is 10.6 Å². The number of rotatable bonds is 7. The van der Waals surface area contributed by atoms with Crippen molar-refractivity contribution in [2.45, 2.75) is 26.4 Å². The third-order valence-corrected chi connectivity index (χ3v) is 3.82. The van der Waals surface area contributed by atoms with Crippen LogP contribution in [0.25, 0.3) is 0 Å². The van der Waals surface area contributed by atoms with E-state index >= 15 is 0 Å².